The van der Waals surface area contributed by atoms with E-state index in [1.807, 2.05) is 31.2 Å². The summed E-state index contributed by atoms with van der Waals surface area (Å²) >= 11 is 0. The van der Waals surface area contributed by atoms with Gasteiger partial charge in [0.2, 0.25) is 0 Å². The Balaban J connectivity index is 1.80. The Bertz CT molecular complexity index is 729. The van der Waals surface area contributed by atoms with Crippen LogP contribution in [0.15, 0.2) is 53.5 Å². The van der Waals surface area contributed by atoms with Crippen LogP contribution >= 0.6 is 0 Å². The molecule has 0 fully saturated rings. The Morgan fingerprint density at radius 3 is 2.19 bits per heavy atom. The smallest absolute Gasteiger partial charge is 0.406 e. The fraction of sp³-hybridized carbons (Fsp3) is 0.316. The Labute approximate surface area is 156 Å². The van der Waals surface area contributed by atoms with E-state index in [-0.39, 0.29) is 18.3 Å². The number of nitrogens with one attached hydrogen (secondary N) is 1. The second-order valence-corrected chi connectivity index (χ2v) is 5.70. The van der Waals surface area contributed by atoms with Gasteiger partial charge in [0.25, 0.3) is 0 Å². The number of aliphatic imine (C=N–C) groups is 1. The zero-order valence-corrected chi connectivity index (χ0v) is 14.9. The average molecular weight is 381 g/mol. The third kappa shape index (κ3) is 8.00. The van der Waals surface area contributed by atoms with E-state index in [1.54, 1.807) is 0 Å². The molecular formula is C19H22F3N3O2. The summed E-state index contributed by atoms with van der Waals surface area (Å²) in [5.41, 5.74) is 8.68. The zero-order chi connectivity index (χ0) is 19.7. The van der Waals surface area contributed by atoms with Crippen molar-refractivity contribution in [2.24, 2.45) is 10.7 Å². The second-order valence-electron chi connectivity index (χ2n) is 5.70. The number of ether oxygens (including phenoxy) is 2. The van der Waals surface area contributed by atoms with Crippen LogP contribution in [0.2, 0.25) is 0 Å². The van der Waals surface area contributed by atoms with Crippen LogP contribution < -0.4 is 15.8 Å². The maximum absolute atomic E-state index is 12.1. The van der Waals surface area contributed by atoms with Crippen molar-refractivity contribution in [1.29, 1.82) is 0 Å². The number of rotatable bonds is 8. The van der Waals surface area contributed by atoms with E-state index in [4.69, 9.17) is 10.5 Å². The van der Waals surface area contributed by atoms with Crippen LogP contribution in [-0.2, 0) is 24.4 Å². The summed E-state index contributed by atoms with van der Waals surface area (Å²) in [7, 11) is 0. The number of halogens is 3. The standard InChI is InChI=1S/C19H22F3N3O2/c1-2-26-13-16-5-3-14(4-6-16)11-24-18(23)25-12-15-7-9-17(10-8-15)27-19(20,21)22/h3-10H,2,11-13H2,1H3,(H3,23,24,25). The molecule has 0 heterocycles. The first-order chi connectivity index (χ1) is 12.9. The Morgan fingerprint density at radius 2 is 1.59 bits per heavy atom. The number of nitrogens with zero attached hydrogens (tertiary/aromatic N) is 1. The van der Waals surface area contributed by atoms with E-state index in [1.165, 1.54) is 24.3 Å². The van der Waals surface area contributed by atoms with Crippen LogP contribution in [0.1, 0.15) is 23.6 Å². The van der Waals surface area contributed by atoms with Crippen molar-refractivity contribution in [3.8, 4) is 5.75 Å². The summed E-state index contributed by atoms with van der Waals surface area (Å²) < 4.78 is 45.5. The number of hydrogen-bond donors (Lipinski definition) is 2. The SMILES string of the molecule is CCOCc1ccc(CNC(N)=NCc2ccc(OC(F)(F)F)cc2)cc1. The Morgan fingerprint density at radius 1 is 1.00 bits per heavy atom. The monoisotopic (exact) mass is 381 g/mol. The van der Waals surface area contributed by atoms with Gasteiger partial charge in [-0.25, -0.2) is 4.99 Å². The number of hydrogen-bond acceptors (Lipinski definition) is 3. The van der Waals surface area contributed by atoms with Crippen molar-refractivity contribution in [3.63, 3.8) is 0 Å². The lowest BCUT2D eigenvalue weighted by Gasteiger charge is -2.09. The first-order valence-corrected chi connectivity index (χ1v) is 8.40. The van der Waals surface area contributed by atoms with Gasteiger partial charge in [-0.3, -0.25) is 0 Å². The molecule has 0 aliphatic carbocycles. The number of benzene rings is 2. The highest BCUT2D eigenvalue weighted by molar-refractivity contribution is 5.77. The predicted molar refractivity (Wildman–Crippen MR) is 97.1 cm³/mol. The van der Waals surface area contributed by atoms with Crippen LogP contribution in [-0.4, -0.2) is 18.9 Å². The molecule has 0 aliphatic heterocycles. The minimum absolute atomic E-state index is 0.248. The first kappa shape index (κ1) is 20.6. The van der Waals surface area contributed by atoms with Gasteiger partial charge in [0.05, 0.1) is 13.2 Å². The third-order valence-corrected chi connectivity index (χ3v) is 3.56. The predicted octanol–water partition coefficient (Wildman–Crippen LogP) is 3.73. The normalized spacial score (nSPS) is 12.1. The van der Waals surface area contributed by atoms with E-state index < -0.39 is 6.36 Å². The zero-order valence-electron chi connectivity index (χ0n) is 14.9. The maximum Gasteiger partial charge on any atom is 0.573 e. The van der Waals surface area contributed by atoms with Crippen molar-refractivity contribution in [3.05, 3.63) is 65.2 Å². The fourth-order valence-electron chi connectivity index (χ4n) is 2.19. The Kier molecular flexibility index (Phi) is 7.48. The number of guanidine groups is 1. The summed E-state index contributed by atoms with van der Waals surface area (Å²) in [4.78, 5) is 4.17. The molecule has 2 rings (SSSR count). The highest BCUT2D eigenvalue weighted by atomic mass is 19.4. The molecule has 5 nitrogen and oxygen atoms in total. The largest absolute Gasteiger partial charge is 0.573 e. The van der Waals surface area contributed by atoms with Crippen molar-refractivity contribution >= 4 is 5.96 Å². The van der Waals surface area contributed by atoms with Crippen molar-refractivity contribution in [2.75, 3.05) is 6.61 Å². The lowest BCUT2D eigenvalue weighted by atomic mass is 10.1. The molecule has 0 aromatic heterocycles. The van der Waals surface area contributed by atoms with Gasteiger partial charge in [-0.1, -0.05) is 36.4 Å². The van der Waals surface area contributed by atoms with Gasteiger partial charge < -0.3 is 20.5 Å². The van der Waals surface area contributed by atoms with Crippen molar-refractivity contribution in [1.82, 2.24) is 5.32 Å². The van der Waals surface area contributed by atoms with Crippen LogP contribution in [0, 0.1) is 0 Å². The quantitative estimate of drug-likeness (QED) is 0.540. The molecule has 0 atom stereocenters. The molecule has 0 unspecified atom stereocenters. The van der Waals surface area contributed by atoms with E-state index in [0.29, 0.717) is 19.8 Å². The van der Waals surface area contributed by atoms with Crippen LogP contribution in [0.25, 0.3) is 0 Å². The van der Waals surface area contributed by atoms with Crippen LogP contribution in [0.5, 0.6) is 5.75 Å². The van der Waals surface area contributed by atoms with Gasteiger partial charge in [0.15, 0.2) is 5.96 Å². The molecular weight excluding hydrogens is 359 g/mol. The van der Waals surface area contributed by atoms with Gasteiger partial charge >= 0.3 is 6.36 Å². The van der Waals surface area contributed by atoms with E-state index in [0.717, 1.165) is 16.7 Å². The third-order valence-electron chi connectivity index (χ3n) is 3.56. The maximum atomic E-state index is 12.1. The molecule has 0 spiro atoms. The molecule has 0 radical (unpaired) electrons. The molecule has 0 amide bonds. The minimum Gasteiger partial charge on any atom is -0.406 e. The molecule has 0 bridgehead atoms. The average Bonchev–Trinajstić information content (AvgIpc) is 2.63. The lowest BCUT2D eigenvalue weighted by Crippen LogP contribution is -2.31. The summed E-state index contributed by atoms with van der Waals surface area (Å²) in [6.45, 7) is 3.97. The minimum atomic E-state index is -4.70. The van der Waals surface area contributed by atoms with Gasteiger partial charge in [-0.15, -0.1) is 13.2 Å². The van der Waals surface area contributed by atoms with Gasteiger partial charge in [-0.05, 0) is 35.7 Å². The molecule has 2 aromatic carbocycles. The summed E-state index contributed by atoms with van der Waals surface area (Å²) in [6.07, 6.45) is -4.70. The highest BCUT2D eigenvalue weighted by Gasteiger charge is 2.30. The summed E-state index contributed by atoms with van der Waals surface area (Å²) in [5, 5.41) is 3.00. The first-order valence-electron chi connectivity index (χ1n) is 8.40. The molecule has 3 N–H and O–H groups in total. The number of alkyl halides is 3. The van der Waals surface area contributed by atoms with Gasteiger partial charge in [-0.2, -0.15) is 0 Å². The molecule has 146 valence electrons. The van der Waals surface area contributed by atoms with E-state index in [2.05, 4.69) is 15.0 Å². The van der Waals surface area contributed by atoms with Crippen molar-refractivity contribution < 1.29 is 22.6 Å². The fourth-order valence-corrected chi connectivity index (χ4v) is 2.19. The summed E-state index contributed by atoms with van der Waals surface area (Å²) in [5.74, 6) is -0.0156. The van der Waals surface area contributed by atoms with Crippen LogP contribution in [0.3, 0.4) is 0 Å². The molecule has 0 saturated carbocycles. The molecule has 8 heteroatoms. The molecule has 0 saturated heterocycles. The lowest BCUT2D eigenvalue weighted by molar-refractivity contribution is -0.274. The van der Waals surface area contributed by atoms with E-state index in [9.17, 15) is 13.2 Å². The van der Waals surface area contributed by atoms with E-state index >= 15 is 0 Å². The van der Waals surface area contributed by atoms with Crippen molar-refractivity contribution in [2.45, 2.75) is 33.0 Å². The van der Waals surface area contributed by atoms with Gasteiger partial charge in [0, 0.05) is 13.2 Å². The number of nitrogens with two attached hydrogens (primary N) is 1. The molecule has 27 heavy (non-hydrogen) atoms. The molecule has 2 aromatic rings. The van der Waals surface area contributed by atoms with Crippen LogP contribution in [0.4, 0.5) is 13.2 Å². The second kappa shape index (κ2) is 9.82. The Hall–Kier alpha value is -2.74. The summed E-state index contributed by atoms with van der Waals surface area (Å²) in [6, 6.07) is 13.4. The van der Waals surface area contributed by atoms with Gasteiger partial charge in [0.1, 0.15) is 5.75 Å². The highest BCUT2D eigenvalue weighted by Crippen LogP contribution is 2.22. The molecule has 0 aliphatic rings. The topological polar surface area (TPSA) is 68.9 Å².